The SMILES string of the molecule is c1ccc(-c2ccc(-c3ccc(-c4ccc5c(c4)Oc4ccccc4C5(c4ccccc4)c4ccccc4)cc3)cc2)cc1. The lowest BCUT2D eigenvalue weighted by Crippen LogP contribution is -2.34. The van der Waals surface area contributed by atoms with Crippen LogP contribution in [-0.4, -0.2) is 0 Å². The maximum absolute atomic E-state index is 6.68. The van der Waals surface area contributed by atoms with Crippen molar-refractivity contribution in [2.45, 2.75) is 5.41 Å². The zero-order chi connectivity index (χ0) is 29.3. The first kappa shape index (κ1) is 26.0. The quantitative estimate of drug-likeness (QED) is 0.203. The third-order valence-corrected chi connectivity index (χ3v) is 8.85. The lowest BCUT2D eigenvalue weighted by molar-refractivity contribution is 0.435. The molecule has 1 heteroatoms. The van der Waals surface area contributed by atoms with Crippen molar-refractivity contribution in [3.8, 4) is 44.9 Å². The van der Waals surface area contributed by atoms with Crippen molar-refractivity contribution in [1.82, 2.24) is 0 Å². The molecule has 1 aliphatic rings. The van der Waals surface area contributed by atoms with E-state index in [1.165, 1.54) is 33.4 Å². The minimum atomic E-state index is -0.499. The van der Waals surface area contributed by atoms with Gasteiger partial charge in [0.1, 0.15) is 11.5 Å². The number of benzene rings is 7. The normalized spacial score (nSPS) is 12.9. The van der Waals surface area contributed by atoms with E-state index in [9.17, 15) is 0 Å². The molecule has 7 aromatic rings. The molecule has 0 bridgehead atoms. The van der Waals surface area contributed by atoms with Crippen LogP contribution in [0.2, 0.25) is 0 Å². The van der Waals surface area contributed by atoms with Gasteiger partial charge in [-0.2, -0.15) is 0 Å². The third-order valence-electron chi connectivity index (χ3n) is 8.85. The van der Waals surface area contributed by atoms with Gasteiger partial charge in [0.15, 0.2) is 0 Å². The Hall–Kier alpha value is -5.66. The lowest BCUT2D eigenvalue weighted by atomic mass is 9.63. The first-order valence-corrected chi connectivity index (χ1v) is 15.1. The summed E-state index contributed by atoms with van der Waals surface area (Å²) >= 11 is 0. The summed E-state index contributed by atoms with van der Waals surface area (Å²) in [7, 11) is 0. The number of rotatable bonds is 5. The molecule has 0 unspecified atom stereocenters. The van der Waals surface area contributed by atoms with Crippen LogP contribution < -0.4 is 4.74 Å². The minimum Gasteiger partial charge on any atom is -0.457 e. The summed E-state index contributed by atoms with van der Waals surface area (Å²) in [5.41, 5.74) is 11.4. The van der Waals surface area contributed by atoms with E-state index < -0.39 is 5.41 Å². The van der Waals surface area contributed by atoms with Crippen LogP contribution in [0.5, 0.6) is 11.5 Å². The molecule has 0 aliphatic carbocycles. The van der Waals surface area contributed by atoms with Gasteiger partial charge in [0, 0.05) is 11.1 Å². The van der Waals surface area contributed by atoms with Gasteiger partial charge in [-0.05, 0) is 56.6 Å². The monoisotopic (exact) mass is 562 g/mol. The van der Waals surface area contributed by atoms with Gasteiger partial charge in [0.25, 0.3) is 0 Å². The van der Waals surface area contributed by atoms with Crippen LogP contribution in [0.3, 0.4) is 0 Å². The van der Waals surface area contributed by atoms with E-state index in [4.69, 9.17) is 4.74 Å². The standard InChI is InChI=1S/C43H30O/c1-4-12-31(13-5-1)32-20-22-33(23-21-32)34-24-26-35(27-25-34)36-28-29-40-42(30-36)44-41-19-11-10-18-39(41)43(40,37-14-6-2-7-15-37)38-16-8-3-9-17-38/h1-30H. The molecule has 0 spiro atoms. The molecular formula is C43H30O. The van der Waals surface area contributed by atoms with Crippen molar-refractivity contribution in [3.05, 3.63) is 204 Å². The van der Waals surface area contributed by atoms with Gasteiger partial charge in [-0.25, -0.2) is 0 Å². The summed E-state index contributed by atoms with van der Waals surface area (Å²) in [6.07, 6.45) is 0. The van der Waals surface area contributed by atoms with Crippen molar-refractivity contribution in [2.24, 2.45) is 0 Å². The maximum Gasteiger partial charge on any atom is 0.132 e. The van der Waals surface area contributed by atoms with Crippen LogP contribution in [-0.2, 0) is 5.41 Å². The molecule has 0 fully saturated rings. The van der Waals surface area contributed by atoms with E-state index in [0.29, 0.717) is 0 Å². The topological polar surface area (TPSA) is 9.23 Å². The second-order valence-electron chi connectivity index (χ2n) is 11.3. The minimum absolute atomic E-state index is 0.499. The summed E-state index contributed by atoms with van der Waals surface area (Å²) < 4.78 is 6.68. The Balaban J connectivity index is 1.20. The molecule has 0 saturated heterocycles. The summed E-state index contributed by atoms with van der Waals surface area (Å²) in [6, 6.07) is 64.9. The Morgan fingerprint density at radius 3 is 1.23 bits per heavy atom. The average molecular weight is 563 g/mol. The number of hydrogen-bond donors (Lipinski definition) is 0. The predicted molar refractivity (Wildman–Crippen MR) is 181 cm³/mol. The second kappa shape index (κ2) is 10.9. The molecule has 44 heavy (non-hydrogen) atoms. The fraction of sp³-hybridized carbons (Fsp3) is 0.0233. The Kier molecular flexibility index (Phi) is 6.43. The first-order chi connectivity index (χ1) is 21.8. The van der Waals surface area contributed by atoms with Gasteiger partial charge in [-0.3, -0.25) is 0 Å². The highest BCUT2D eigenvalue weighted by Crippen LogP contribution is 2.55. The molecule has 0 aromatic heterocycles. The highest BCUT2D eigenvalue weighted by Gasteiger charge is 2.45. The Morgan fingerprint density at radius 2 is 0.682 bits per heavy atom. The van der Waals surface area contributed by atoms with E-state index in [1.807, 2.05) is 0 Å². The second-order valence-corrected chi connectivity index (χ2v) is 11.3. The highest BCUT2D eigenvalue weighted by atomic mass is 16.5. The van der Waals surface area contributed by atoms with E-state index in [1.54, 1.807) is 0 Å². The number of ether oxygens (including phenoxy) is 1. The van der Waals surface area contributed by atoms with Crippen LogP contribution in [0.25, 0.3) is 33.4 Å². The predicted octanol–water partition coefficient (Wildman–Crippen LogP) is 11.2. The molecule has 0 radical (unpaired) electrons. The van der Waals surface area contributed by atoms with Crippen molar-refractivity contribution in [1.29, 1.82) is 0 Å². The number of hydrogen-bond acceptors (Lipinski definition) is 1. The zero-order valence-corrected chi connectivity index (χ0v) is 24.2. The van der Waals surface area contributed by atoms with Crippen LogP contribution in [0.4, 0.5) is 0 Å². The van der Waals surface area contributed by atoms with Crippen LogP contribution in [0.15, 0.2) is 182 Å². The number of para-hydroxylation sites is 1. The summed E-state index contributed by atoms with van der Waals surface area (Å²) in [4.78, 5) is 0. The third kappa shape index (κ3) is 4.33. The largest absolute Gasteiger partial charge is 0.457 e. The van der Waals surface area contributed by atoms with Crippen LogP contribution in [0.1, 0.15) is 22.3 Å². The summed E-state index contributed by atoms with van der Waals surface area (Å²) in [5.74, 6) is 1.77. The molecule has 1 aliphatic heterocycles. The molecule has 0 saturated carbocycles. The molecule has 1 heterocycles. The molecule has 0 amide bonds. The zero-order valence-electron chi connectivity index (χ0n) is 24.2. The molecule has 0 N–H and O–H groups in total. The van der Waals surface area contributed by atoms with Crippen LogP contribution in [0, 0.1) is 0 Å². The van der Waals surface area contributed by atoms with Crippen molar-refractivity contribution < 1.29 is 4.74 Å². The Morgan fingerprint density at radius 1 is 0.295 bits per heavy atom. The molecule has 1 nitrogen and oxygen atoms in total. The van der Waals surface area contributed by atoms with Gasteiger partial charge in [0.05, 0.1) is 5.41 Å². The fourth-order valence-corrected chi connectivity index (χ4v) is 6.73. The first-order valence-electron chi connectivity index (χ1n) is 15.1. The average Bonchev–Trinajstić information content (AvgIpc) is 3.12. The van der Waals surface area contributed by atoms with Crippen molar-refractivity contribution >= 4 is 0 Å². The summed E-state index contributed by atoms with van der Waals surface area (Å²) in [6.45, 7) is 0. The van der Waals surface area contributed by atoms with E-state index in [-0.39, 0.29) is 0 Å². The van der Waals surface area contributed by atoms with Gasteiger partial charge in [-0.15, -0.1) is 0 Å². The van der Waals surface area contributed by atoms with E-state index in [2.05, 4.69) is 182 Å². The lowest BCUT2D eigenvalue weighted by Gasteiger charge is -2.41. The van der Waals surface area contributed by atoms with Gasteiger partial charge in [0.2, 0.25) is 0 Å². The van der Waals surface area contributed by atoms with E-state index in [0.717, 1.165) is 33.8 Å². The van der Waals surface area contributed by atoms with Crippen molar-refractivity contribution in [3.63, 3.8) is 0 Å². The Labute approximate surface area is 258 Å². The Bertz CT molecular complexity index is 2000. The summed E-state index contributed by atoms with van der Waals surface area (Å²) in [5, 5.41) is 0. The van der Waals surface area contributed by atoms with E-state index >= 15 is 0 Å². The molecule has 8 rings (SSSR count). The molecule has 208 valence electrons. The molecule has 7 aromatic carbocycles. The smallest absolute Gasteiger partial charge is 0.132 e. The molecule has 0 atom stereocenters. The van der Waals surface area contributed by atoms with Gasteiger partial charge < -0.3 is 4.74 Å². The highest BCUT2D eigenvalue weighted by molar-refractivity contribution is 5.76. The molecular weight excluding hydrogens is 532 g/mol. The van der Waals surface area contributed by atoms with Gasteiger partial charge >= 0.3 is 0 Å². The number of fused-ring (bicyclic) bond motifs is 2. The maximum atomic E-state index is 6.68. The fourth-order valence-electron chi connectivity index (χ4n) is 6.73. The van der Waals surface area contributed by atoms with Crippen LogP contribution >= 0.6 is 0 Å². The van der Waals surface area contributed by atoms with Crippen molar-refractivity contribution in [2.75, 3.05) is 0 Å². The van der Waals surface area contributed by atoms with Gasteiger partial charge in [-0.1, -0.05) is 170 Å².